The molecule has 0 saturated carbocycles. The molecule has 0 radical (unpaired) electrons. The van der Waals surface area contributed by atoms with Crippen LogP contribution in [0, 0.1) is 5.92 Å². The van der Waals surface area contributed by atoms with E-state index in [-0.39, 0.29) is 6.61 Å². The molecule has 0 amide bonds. The Labute approximate surface area is 170 Å². The Bertz CT molecular complexity index is 817. The Morgan fingerprint density at radius 1 is 1.03 bits per heavy atom. The van der Waals surface area contributed by atoms with E-state index in [2.05, 4.69) is 0 Å². The molecule has 1 saturated heterocycles. The van der Waals surface area contributed by atoms with Gasteiger partial charge in [-0.3, -0.25) is 8.37 Å². The van der Waals surface area contributed by atoms with Crippen molar-refractivity contribution in [2.24, 2.45) is 5.92 Å². The minimum Gasteiger partial charge on any atom is -0.396 e. The van der Waals surface area contributed by atoms with Gasteiger partial charge >= 0.3 is 0 Å². The van der Waals surface area contributed by atoms with Crippen LogP contribution in [0.5, 0.6) is 0 Å². The molecule has 1 fully saturated rings. The van der Waals surface area contributed by atoms with Crippen molar-refractivity contribution in [3.8, 4) is 0 Å². The van der Waals surface area contributed by atoms with Gasteiger partial charge < -0.3 is 19.3 Å². The first-order chi connectivity index (χ1) is 13.5. The number of hydrogen-bond donors (Lipinski definition) is 1. The van der Waals surface area contributed by atoms with Crippen LogP contribution >= 0.6 is 0 Å². The average molecular weight is 455 g/mol. The standard InChI is InChI=1S/C17H26O10S2/c1-23-16-14(9-18)15(24-10-13-7-5-4-6-8-13)17(27-16,11-25-28(2,19)20)12-26-29(3,21)22/h4-8,14-16,18H,9-12H2,1-3H3. The summed E-state index contributed by atoms with van der Waals surface area (Å²) in [5.74, 6) is -0.741. The molecule has 0 aromatic heterocycles. The number of rotatable bonds is 11. The van der Waals surface area contributed by atoms with Crippen molar-refractivity contribution in [3.63, 3.8) is 0 Å². The molecule has 1 heterocycles. The summed E-state index contributed by atoms with van der Waals surface area (Å²) in [5.41, 5.74) is -0.846. The Hall–Kier alpha value is -1.12. The zero-order chi connectivity index (χ0) is 21.7. The molecule has 12 heteroatoms. The summed E-state index contributed by atoms with van der Waals surface area (Å²) in [6.45, 7) is -1.49. The van der Waals surface area contributed by atoms with Gasteiger partial charge in [-0.05, 0) is 5.56 Å². The van der Waals surface area contributed by atoms with Gasteiger partial charge in [-0.2, -0.15) is 16.8 Å². The van der Waals surface area contributed by atoms with E-state index in [1.165, 1.54) is 7.11 Å². The first kappa shape index (κ1) is 24.2. The zero-order valence-corrected chi connectivity index (χ0v) is 18.0. The highest BCUT2D eigenvalue weighted by Crippen LogP contribution is 2.39. The Balaban J connectivity index is 2.36. The number of methoxy groups -OCH3 is 1. The highest BCUT2D eigenvalue weighted by molar-refractivity contribution is 7.86. The summed E-state index contributed by atoms with van der Waals surface area (Å²) < 4.78 is 73.1. The van der Waals surface area contributed by atoms with Crippen LogP contribution in [-0.4, -0.2) is 79.4 Å². The molecule has 1 aliphatic heterocycles. The normalized spacial score (nSPS) is 24.6. The number of ether oxygens (including phenoxy) is 3. The van der Waals surface area contributed by atoms with Crippen molar-refractivity contribution in [3.05, 3.63) is 35.9 Å². The van der Waals surface area contributed by atoms with Crippen molar-refractivity contribution in [1.29, 1.82) is 0 Å². The molecule has 0 spiro atoms. The van der Waals surface area contributed by atoms with Crippen LogP contribution in [0.1, 0.15) is 5.56 Å². The van der Waals surface area contributed by atoms with E-state index in [0.717, 1.165) is 18.1 Å². The number of aliphatic hydroxyl groups is 1. The Morgan fingerprint density at radius 3 is 2.03 bits per heavy atom. The third-order valence-electron chi connectivity index (χ3n) is 4.36. The van der Waals surface area contributed by atoms with Gasteiger partial charge in [0.15, 0.2) is 6.29 Å². The molecule has 1 N–H and O–H groups in total. The van der Waals surface area contributed by atoms with Crippen molar-refractivity contribution in [2.45, 2.75) is 24.6 Å². The lowest BCUT2D eigenvalue weighted by atomic mass is 9.91. The summed E-state index contributed by atoms with van der Waals surface area (Å²) in [5, 5.41) is 9.87. The van der Waals surface area contributed by atoms with Crippen molar-refractivity contribution in [2.75, 3.05) is 39.4 Å². The molecular weight excluding hydrogens is 428 g/mol. The predicted octanol–water partition coefficient (Wildman–Crippen LogP) is -0.126. The fourth-order valence-corrected chi connectivity index (χ4v) is 3.87. The van der Waals surface area contributed by atoms with Crippen molar-refractivity contribution < 1.29 is 44.5 Å². The summed E-state index contributed by atoms with van der Waals surface area (Å²) in [4.78, 5) is 0. The van der Waals surface area contributed by atoms with Crippen molar-refractivity contribution >= 4 is 20.2 Å². The lowest BCUT2D eigenvalue weighted by Gasteiger charge is -2.33. The first-order valence-corrected chi connectivity index (χ1v) is 12.3. The van der Waals surface area contributed by atoms with Crippen LogP contribution in [0.4, 0.5) is 0 Å². The van der Waals surface area contributed by atoms with E-state index >= 15 is 0 Å². The molecule has 0 bridgehead atoms. The Kier molecular flexibility index (Phi) is 8.15. The van der Waals surface area contributed by atoms with Crippen LogP contribution < -0.4 is 0 Å². The molecule has 2 rings (SSSR count). The topological polar surface area (TPSA) is 135 Å². The van der Waals surface area contributed by atoms with Crippen molar-refractivity contribution in [1.82, 2.24) is 0 Å². The molecule has 1 aromatic rings. The van der Waals surface area contributed by atoms with Gasteiger partial charge in [0.25, 0.3) is 20.2 Å². The predicted molar refractivity (Wildman–Crippen MR) is 102 cm³/mol. The lowest BCUT2D eigenvalue weighted by molar-refractivity contribution is -0.194. The molecular formula is C17H26O10S2. The third-order valence-corrected chi connectivity index (χ3v) is 5.45. The maximum atomic E-state index is 11.6. The smallest absolute Gasteiger partial charge is 0.264 e. The van der Waals surface area contributed by atoms with Gasteiger partial charge in [0.2, 0.25) is 0 Å². The second-order valence-electron chi connectivity index (χ2n) is 6.78. The monoisotopic (exact) mass is 454 g/mol. The third kappa shape index (κ3) is 6.96. The second kappa shape index (κ2) is 9.79. The minimum atomic E-state index is -3.89. The van der Waals surface area contributed by atoms with Crippen LogP contribution in [0.2, 0.25) is 0 Å². The maximum Gasteiger partial charge on any atom is 0.264 e. The van der Waals surface area contributed by atoms with E-state index in [1.807, 2.05) is 30.3 Å². The number of benzene rings is 1. The van der Waals surface area contributed by atoms with Crippen LogP contribution in [0.3, 0.4) is 0 Å². The van der Waals surface area contributed by atoms with Gasteiger partial charge in [-0.15, -0.1) is 0 Å². The van der Waals surface area contributed by atoms with Crippen LogP contribution in [0.15, 0.2) is 30.3 Å². The molecule has 29 heavy (non-hydrogen) atoms. The molecule has 3 atom stereocenters. The second-order valence-corrected chi connectivity index (χ2v) is 10.1. The first-order valence-electron chi connectivity index (χ1n) is 8.65. The van der Waals surface area contributed by atoms with E-state index in [4.69, 9.17) is 22.6 Å². The lowest BCUT2D eigenvalue weighted by Crippen LogP contribution is -2.52. The molecule has 1 aliphatic rings. The summed E-state index contributed by atoms with van der Waals surface area (Å²) in [6, 6.07) is 9.11. The fraction of sp³-hybridized carbons (Fsp3) is 0.647. The molecule has 0 aliphatic carbocycles. The summed E-state index contributed by atoms with van der Waals surface area (Å²) in [7, 11) is -6.43. The van der Waals surface area contributed by atoms with Gasteiger partial charge in [0.05, 0.1) is 31.6 Å². The molecule has 166 valence electrons. The van der Waals surface area contributed by atoms with Crippen LogP contribution in [-0.2, 0) is 49.4 Å². The highest BCUT2D eigenvalue weighted by Gasteiger charge is 2.57. The summed E-state index contributed by atoms with van der Waals surface area (Å²) in [6.07, 6.45) is -0.276. The highest BCUT2D eigenvalue weighted by atomic mass is 32.2. The van der Waals surface area contributed by atoms with Gasteiger partial charge in [-0.25, -0.2) is 0 Å². The summed E-state index contributed by atoms with van der Waals surface area (Å²) >= 11 is 0. The van der Waals surface area contributed by atoms with E-state index < -0.39 is 64.0 Å². The average Bonchev–Trinajstić information content (AvgIpc) is 2.96. The fourth-order valence-electron chi connectivity index (χ4n) is 3.05. The maximum absolute atomic E-state index is 11.6. The van der Waals surface area contributed by atoms with Gasteiger partial charge in [0, 0.05) is 7.11 Å². The van der Waals surface area contributed by atoms with E-state index in [1.54, 1.807) is 0 Å². The Morgan fingerprint density at radius 2 is 1.59 bits per heavy atom. The quantitative estimate of drug-likeness (QED) is 0.451. The van der Waals surface area contributed by atoms with Crippen LogP contribution in [0.25, 0.3) is 0 Å². The minimum absolute atomic E-state index is 0.0985. The largest absolute Gasteiger partial charge is 0.396 e. The van der Waals surface area contributed by atoms with Gasteiger partial charge in [0.1, 0.15) is 24.9 Å². The van der Waals surface area contributed by atoms with E-state index in [9.17, 15) is 21.9 Å². The molecule has 1 aromatic carbocycles. The molecule has 10 nitrogen and oxygen atoms in total. The zero-order valence-electron chi connectivity index (χ0n) is 16.4. The number of hydrogen-bond acceptors (Lipinski definition) is 10. The molecule has 3 unspecified atom stereocenters. The SMILES string of the molecule is COC1OC(COS(C)(=O)=O)(COS(C)(=O)=O)C(OCc2ccccc2)C1CO. The van der Waals surface area contributed by atoms with E-state index in [0.29, 0.717) is 0 Å². The van der Waals surface area contributed by atoms with Gasteiger partial charge in [-0.1, -0.05) is 30.3 Å². The number of aliphatic hydroxyl groups excluding tert-OH is 1.